The molecule has 0 radical (unpaired) electrons. The summed E-state index contributed by atoms with van der Waals surface area (Å²) >= 11 is 2.33. The predicted octanol–water partition coefficient (Wildman–Crippen LogP) is -0.607. The van der Waals surface area contributed by atoms with Crippen LogP contribution in [-0.2, 0) is 9.59 Å². The summed E-state index contributed by atoms with van der Waals surface area (Å²) < 4.78 is -0.789. The lowest BCUT2D eigenvalue weighted by atomic mass is 10.7. The normalized spacial score (nSPS) is 7.50. The van der Waals surface area contributed by atoms with E-state index in [1.165, 1.54) is 0 Å². The molecule has 34 valence electrons. The zero-order valence-electron chi connectivity index (χ0n) is 2.77. The molecule has 4 heteroatoms. The van der Waals surface area contributed by atoms with Crippen LogP contribution in [0.4, 0.5) is 0 Å². The van der Waals surface area contributed by atoms with Crippen molar-refractivity contribution in [3.8, 4) is 0 Å². The summed E-state index contributed by atoms with van der Waals surface area (Å²) in [4.78, 5) is 19.1. The molecule has 0 aliphatic heterocycles. The van der Waals surface area contributed by atoms with E-state index in [2.05, 4.69) is 21.7 Å². The van der Waals surface area contributed by atoms with Crippen molar-refractivity contribution < 1.29 is 9.59 Å². The highest BCUT2D eigenvalue weighted by Crippen LogP contribution is 1.77. The molecule has 0 aromatic carbocycles. The maximum Gasteiger partial charge on any atom is 0.296 e. The van der Waals surface area contributed by atoms with Gasteiger partial charge in [0.15, 0.2) is 0 Å². The van der Waals surface area contributed by atoms with Crippen molar-refractivity contribution in [2.75, 3.05) is 0 Å². The van der Waals surface area contributed by atoms with Gasteiger partial charge < -0.3 is 5.73 Å². The third kappa shape index (κ3) is 1.90. The Labute approximate surface area is 42.6 Å². The molecule has 3 nitrogen and oxygen atoms in total. The van der Waals surface area contributed by atoms with Gasteiger partial charge in [0.2, 0.25) is 0 Å². The van der Waals surface area contributed by atoms with Crippen LogP contribution in [0.3, 0.4) is 0 Å². The van der Waals surface area contributed by atoms with Crippen molar-refractivity contribution in [2.24, 2.45) is 5.73 Å². The van der Waals surface area contributed by atoms with Crippen molar-refractivity contribution in [2.45, 2.75) is 0 Å². The summed E-state index contributed by atoms with van der Waals surface area (Å²) in [6.45, 7) is 0. The molecule has 0 aromatic heterocycles. The van der Waals surface area contributed by atoms with E-state index < -0.39 is 10.6 Å². The van der Waals surface area contributed by atoms with E-state index >= 15 is 0 Å². The smallest absolute Gasteiger partial charge is 0.296 e. The number of hydrogen-bond donors (Lipinski definition) is 1. The van der Waals surface area contributed by atoms with Crippen LogP contribution in [0.2, 0.25) is 0 Å². The second-order valence-corrected chi connectivity index (χ2v) is 1.36. The summed E-state index contributed by atoms with van der Waals surface area (Å²) in [5.41, 5.74) is 4.40. The largest absolute Gasteiger partial charge is 0.362 e. The van der Waals surface area contributed by atoms with Gasteiger partial charge in [0.1, 0.15) is 0 Å². The van der Waals surface area contributed by atoms with E-state index in [0.717, 1.165) is 0 Å². The lowest BCUT2D eigenvalue weighted by Gasteiger charge is -1.72. The summed E-state index contributed by atoms with van der Waals surface area (Å²) in [7, 11) is 0. The Morgan fingerprint density at radius 1 is 1.50 bits per heavy atom. The number of hydrogen-bond acceptors (Lipinski definition) is 2. The third-order valence-corrected chi connectivity index (χ3v) is 0.585. The van der Waals surface area contributed by atoms with Crippen molar-refractivity contribution in [3.05, 3.63) is 0 Å². The van der Waals surface area contributed by atoms with Crippen LogP contribution in [0.15, 0.2) is 0 Å². The van der Waals surface area contributed by atoms with Gasteiger partial charge in [0.25, 0.3) is 10.6 Å². The van der Waals surface area contributed by atoms with Crippen LogP contribution in [0.25, 0.3) is 0 Å². The molecular formula is C2H2BrNO2. The quantitative estimate of drug-likeness (QED) is 0.402. The highest BCUT2D eigenvalue weighted by atomic mass is 79.9. The van der Waals surface area contributed by atoms with Crippen LogP contribution in [0, 0.1) is 0 Å². The molecule has 6 heavy (non-hydrogen) atoms. The average Bonchev–Trinajstić information content (AvgIpc) is 1.36. The highest BCUT2D eigenvalue weighted by molar-refractivity contribution is 9.19. The van der Waals surface area contributed by atoms with Crippen molar-refractivity contribution in [3.63, 3.8) is 0 Å². The Morgan fingerprint density at radius 2 is 1.67 bits per heavy atom. The van der Waals surface area contributed by atoms with Crippen LogP contribution in [0.5, 0.6) is 0 Å². The third-order valence-electron chi connectivity index (χ3n) is 0.194. The molecule has 0 aliphatic rings. The maximum absolute atomic E-state index is 9.59. The average molecular weight is 152 g/mol. The van der Waals surface area contributed by atoms with Gasteiger partial charge in [0.05, 0.1) is 0 Å². The first kappa shape index (κ1) is 5.62. The van der Waals surface area contributed by atoms with E-state index in [9.17, 15) is 9.59 Å². The Balaban J connectivity index is 3.57. The number of carbonyl (C=O) groups excluding carboxylic acids is 2. The number of amides is 1. The van der Waals surface area contributed by atoms with Gasteiger partial charge in [-0.15, -0.1) is 0 Å². The molecule has 0 atom stereocenters. The topological polar surface area (TPSA) is 60.2 Å². The summed E-state index contributed by atoms with van der Waals surface area (Å²) in [6.07, 6.45) is 0. The Hall–Kier alpha value is -0.380. The summed E-state index contributed by atoms with van der Waals surface area (Å²) in [5, 5.41) is 0. The standard InChI is InChI=1S/C2H2BrNO2/c3-1(5)2(4)6/h(H2,4,6). The molecule has 0 aromatic rings. The van der Waals surface area contributed by atoms with Gasteiger partial charge in [0, 0.05) is 15.9 Å². The fourth-order valence-corrected chi connectivity index (χ4v) is 0. The molecule has 0 saturated heterocycles. The minimum Gasteiger partial charge on any atom is -0.362 e. The second kappa shape index (κ2) is 1.92. The minimum absolute atomic E-state index is 0.789. The Kier molecular flexibility index (Phi) is 1.80. The molecule has 0 heterocycles. The van der Waals surface area contributed by atoms with Crippen molar-refractivity contribution in [1.82, 2.24) is 0 Å². The molecule has 0 rings (SSSR count). The monoisotopic (exact) mass is 151 g/mol. The summed E-state index contributed by atoms with van der Waals surface area (Å²) in [5.74, 6) is -0.963. The fourth-order valence-electron chi connectivity index (χ4n) is 0. The van der Waals surface area contributed by atoms with Crippen molar-refractivity contribution >= 4 is 26.5 Å². The molecule has 0 unspecified atom stereocenters. The minimum atomic E-state index is -0.963. The molecule has 0 fully saturated rings. The van der Waals surface area contributed by atoms with Gasteiger partial charge in [-0.2, -0.15) is 0 Å². The lowest BCUT2D eigenvalue weighted by Crippen LogP contribution is -2.16. The Morgan fingerprint density at radius 3 is 1.67 bits per heavy atom. The number of carbonyl (C=O) groups is 2. The van der Waals surface area contributed by atoms with Crippen molar-refractivity contribution in [1.29, 1.82) is 0 Å². The molecule has 0 bridgehead atoms. The zero-order valence-corrected chi connectivity index (χ0v) is 4.36. The molecule has 2 N–H and O–H groups in total. The number of rotatable bonds is 1. The first-order valence-corrected chi connectivity index (χ1v) is 1.93. The molecule has 0 saturated carbocycles. The highest BCUT2D eigenvalue weighted by Gasteiger charge is 1.98. The zero-order chi connectivity index (χ0) is 5.15. The first-order chi connectivity index (χ1) is 2.64. The van der Waals surface area contributed by atoms with E-state index in [0.29, 0.717) is 0 Å². The SMILES string of the molecule is NC(=O)C(=O)Br. The fraction of sp³-hybridized carbons (Fsp3) is 0. The molecule has 1 amide bonds. The van der Waals surface area contributed by atoms with Crippen LogP contribution in [0.1, 0.15) is 0 Å². The van der Waals surface area contributed by atoms with Gasteiger partial charge in [-0.05, 0) is 0 Å². The van der Waals surface area contributed by atoms with Gasteiger partial charge >= 0.3 is 0 Å². The van der Waals surface area contributed by atoms with Gasteiger partial charge in [-0.1, -0.05) is 0 Å². The number of nitrogens with two attached hydrogens (primary N) is 1. The molecular weight excluding hydrogens is 150 g/mol. The number of primary amides is 1. The van der Waals surface area contributed by atoms with Gasteiger partial charge in [-0.25, -0.2) is 0 Å². The van der Waals surface area contributed by atoms with E-state index in [4.69, 9.17) is 0 Å². The molecule has 0 spiro atoms. The van der Waals surface area contributed by atoms with Crippen LogP contribution < -0.4 is 5.73 Å². The van der Waals surface area contributed by atoms with E-state index in [1.54, 1.807) is 0 Å². The maximum atomic E-state index is 9.59. The molecule has 0 aliphatic carbocycles. The van der Waals surface area contributed by atoms with Crippen LogP contribution in [-0.4, -0.2) is 10.6 Å². The number of halogens is 1. The summed E-state index contributed by atoms with van der Waals surface area (Å²) in [6, 6.07) is 0. The van der Waals surface area contributed by atoms with E-state index in [1.807, 2.05) is 0 Å². The van der Waals surface area contributed by atoms with Crippen LogP contribution >= 0.6 is 15.9 Å². The van der Waals surface area contributed by atoms with Gasteiger partial charge in [-0.3, -0.25) is 9.59 Å². The first-order valence-electron chi connectivity index (χ1n) is 1.14. The lowest BCUT2D eigenvalue weighted by molar-refractivity contribution is -0.130. The predicted molar refractivity (Wildman–Crippen MR) is 23.1 cm³/mol. The second-order valence-electron chi connectivity index (χ2n) is 0.638. The Bertz CT molecular complexity index is 77.5. The van der Waals surface area contributed by atoms with E-state index in [-0.39, 0.29) is 0 Å².